The highest BCUT2D eigenvalue weighted by molar-refractivity contribution is 5.95. The summed E-state index contributed by atoms with van der Waals surface area (Å²) in [4.78, 5) is 12.0. The molecule has 0 spiro atoms. The molecule has 1 saturated heterocycles. The van der Waals surface area contributed by atoms with Gasteiger partial charge in [0, 0.05) is 11.8 Å². The summed E-state index contributed by atoms with van der Waals surface area (Å²) in [7, 11) is 0. The van der Waals surface area contributed by atoms with Crippen molar-refractivity contribution in [1.82, 2.24) is 5.32 Å². The lowest BCUT2D eigenvalue weighted by atomic mass is 10.2. The fraction of sp³-hybridized carbons (Fsp3) is 0.562. The minimum Gasteiger partial charge on any atom is -0.487 e. The topological polar surface area (TPSA) is 50.4 Å². The van der Waals surface area contributed by atoms with Gasteiger partial charge in [-0.1, -0.05) is 0 Å². The zero-order chi connectivity index (χ0) is 14.7. The normalized spacial score (nSPS) is 21.4. The molecule has 1 aromatic carbocycles. The highest BCUT2D eigenvalue weighted by Crippen LogP contribution is 2.27. The molecule has 0 bridgehead atoms. The summed E-state index contributed by atoms with van der Waals surface area (Å²) < 4.78 is 19.7. The number of halogens is 2. The highest BCUT2D eigenvalue weighted by atomic mass is 35.5. The molecule has 22 heavy (non-hydrogen) atoms. The zero-order valence-corrected chi connectivity index (χ0v) is 13.3. The van der Waals surface area contributed by atoms with E-state index in [9.17, 15) is 9.18 Å². The quantitative estimate of drug-likeness (QED) is 0.892. The number of ether oxygens (including phenoxy) is 1. The summed E-state index contributed by atoms with van der Waals surface area (Å²) in [6.45, 7) is 0.862. The molecule has 1 aliphatic heterocycles. The number of amides is 1. The van der Waals surface area contributed by atoms with Gasteiger partial charge in [0.25, 0.3) is 0 Å². The standard InChI is InChI=1S/C16H21FN2O2.ClH/c17-13-10-11(19-16(20)14-6-3-9-18-14)7-8-15(13)21-12-4-1-2-5-12;/h7-8,10,12,14,18H,1-6,9H2,(H,19,20);1H. The molecule has 1 heterocycles. The summed E-state index contributed by atoms with van der Waals surface area (Å²) in [6.07, 6.45) is 6.24. The number of rotatable bonds is 4. The first kappa shape index (κ1) is 17.0. The van der Waals surface area contributed by atoms with Crippen molar-refractivity contribution in [2.24, 2.45) is 0 Å². The van der Waals surface area contributed by atoms with Gasteiger partial charge in [0.2, 0.25) is 5.91 Å². The van der Waals surface area contributed by atoms with E-state index >= 15 is 0 Å². The Morgan fingerprint density at radius 1 is 1.23 bits per heavy atom. The minimum absolute atomic E-state index is 0. The van der Waals surface area contributed by atoms with E-state index in [0.717, 1.165) is 45.1 Å². The van der Waals surface area contributed by atoms with Gasteiger partial charge in [-0.15, -0.1) is 12.4 Å². The molecule has 1 aromatic rings. The van der Waals surface area contributed by atoms with Gasteiger partial charge in [0.1, 0.15) is 0 Å². The molecular formula is C16H22ClFN2O2. The van der Waals surface area contributed by atoms with E-state index in [0.29, 0.717) is 5.69 Å². The Bertz CT molecular complexity index is 515. The molecule has 1 unspecified atom stereocenters. The Morgan fingerprint density at radius 2 is 2.00 bits per heavy atom. The first-order valence-electron chi connectivity index (χ1n) is 7.73. The van der Waals surface area contributed by atoms with Crippen LogP contribution in [0.1, 0.15) is 38.5 Å². The van der Waals surface area contributed by atoms with Crippen LogP contribution >= 0.6 is 12.4 Å². The maximum Gasteiger partial charge on any atom is 0.241 e. The average molecular weight is 329 g/mol. The number of carbonyl (C=O) groups excluding carboxylic acids is 1. The van der Waals surface area contributed by atoms with Crippen molar-refractivity contribution < 1.29 is 13.9 Å². The first-order chi connectivity index (χ1) is 10.2. The van der Waals surface area contributed by atoms with E-state index in [4.69, 9.17) is 4.74 Å². The predicted molar refractivity (Wildman–Crippen MR) is 86.2 cm³/mol. The number of benzene rings is 1. The number of hydrogen-bond acceptors (Lipinski definition) is 3. The Kier molecular flexibility index (Phi) is 6.03. The van der Waals surface area contributed by atoms with Crippen LogP contribution in [-0.2, 0) is 4.79 Å². The zero-order valence-electron chi connectivity index (χ0n) is 12.4. The molecule has 1 aliphatic carbocycles. The summed E-state index contributed by atoms with van der Waals surface area (Å²) in [5, 5.41) is 5.87. The summed E-state index contributed by atoms with van der Waals surface area (Å²) >= 11 is 0. The molecule has 122 valence electrons. The lowest BCUT2D eigenvalue weighted by Crippen LogP contribution is -2.35. The Balaban J connectivity index is 0.00000176. The second kappa shape index (κ2) is 7.79. The summed E-state index contributed by atoms with van der Waals surface area (Å²) in [6, 6.07) is 4.46. The molecule has 1 amide bonds. The van der Waals surface area contributed by atoms with Gasteiger partial charge in [0.15, 0.2) is 11.6 Å². The van der Waals surface area contributed by atoms with Crippen molar-refractivity contribution in [3.63, 3.8) is 0 Å². The molecule has 2 aliphatic rings. The summed E-state index contributed by atoms with van der Waals surface area (Å²) in [5.74, 6) is -0.241. The lowest BCUT2D eigenvalue weighted by Gasteiger charge is -2.15. The van der Waals surface area contributed by atoms with E-state index in [1.807, 2.05) is 0 Å². The van der Waals surface area contributed by atoms with Crippen molar-refractivity contribution in [2.75, 3.05) is 11.9 Å². The third-order valence-corrected chi connectivity index (χ3v) is 4.17. The smallest absolute Gasteiger partial charge is 0.241 e. The molecule has 0 aromatic heterocycles. The second-order valence-electron chi connectivity index (χ2n) is 5.81. The molecule has 1 atom stereocenters. The molecule has 3 rings (SSSR count). The Morgan fingerprint density at radius 3 is 2.64 bits per heavy atom. The SMILES string of the molecule is Cl.O=C(Nc1ccc(OC2CCCC2)c(F)c1)C1CCCN1. The molecule has 2 N–H and O–H groups in total. The molecule has 4 nitrogen and oxygen atoms in total. The largest absolute Gasteiger partial charge is 0.487 e. The van der Waals surface area contributed by atoms with Crippen molar-refractivity contribution in [3.8, 4) is 5.75 Å². The molecule has 6 heteroatoms. The van der Waals surface area contributed by atoms with E-state index in [1.54, 1.807) is 12.1 Å². The maximum atomic E-state index is 14.0. The van der Waals surface area contributed by atoms with E-state index in [2.05, 4.69) is 10.6 Å². The average Bonchev–Trinajstić information content (AvgIpc) is 3.14. The van der Waals surface area contributed by atoms with Crippen LogP contribution in [0.3, 0.4) is 0 Å². The van der Waals surface area contributed by atoms with Gasteiger partial charge >= 0.3 is 0 Å². The minimum atomic E-state index is -0.418. The number of carbonyl (C=O) groups is 1. The van der Waals surface area contributed by atoms with Crippen molar-refractivity contribution in [1.29, 1.82) is 0 Å². The number of nitrogens with one attached hydrogen (secondary N) is 2. The van der Waals surface area contributed by atoms with Crippen LogP contribution in [0, 0.1) is 5.82 Å². The van der Waals surface area contributed by atoms with E-state index in [-0.39, 0.29) is 36.2 Å². The summed E-state index contributed by atoms with van der Waals surface area (Å²) in [5.41, 5.74) is 0.477. The van der Waals surface area contributed by atoms with Crippen LogP contribution in [0.2, 0.25) is 0 Å². The van der Waals surface area contributed by atoms with Crippen LogP contribution in [0.25, 0.3) is 0 Å². The lowest BCUT2D eigenvalue weighted by molar-refractivity contribution is -0.117. The van der Waals surface area contributed by atoms with Crippen molar-refractivity contribution in [3.05, 3.63) is 24.0 Å². The fourth-order valence-corrected chi connectivity index (χ4v) is 3.00. The third-order valence-electron chi connectivity index (χ3n) is 4.17. The van der Waals surface area contributed by atoms with Gasteiger partial charge in [-0.3, -0.25) is 4.79 Å². The van der Waals surface area contributed by atoms with Crippen LogP contribution in [0.15, 0.2) is 18.2 Å². The van der Waals surface area contributed by atoms with Crippen molar-refractivity contribution in [2.45, 2.75) is 50.7 Å². The van der Waals surface area contributed by atoms with Gasteiger partial charge in [0.05, 0.1) is 12.1 Å². The van der Waals surface area contributed by atoms with E-state index < -0.39 is 5.82 Å². The highest BCUT2D eigenvalue weighted by Gasteiger charge is 2.22. The molecular weight excluding hydrogens is 307 g/mol. The Labute approximate surface area is 136 Å². The molecule has 1 saturated carbocycles. The fourth-order valence-electron chi connectivity index (χ4n) is 3.00. The van der Waals surface area contributed by atoms with Crippen LogP contribution in [0.4, 0.5) is 10.1 Å². The molecule has 2 fully saturated rings. The van der Waals surface area contributed by atoms with Gasteiger partial charge in [-0.2, -0.15) is 0 Å². The monoisotopic (exact) mass is 328 g/mol. The number of anilines is 1. The van der Waals surface area contributed by atoms with Crippen molar-refractivity contribution >= 4 is 24.0 Å². The second-order valence-corrected chi connectivity index (χ2v) is 5.81. The Hall–Kier alpha value is -1.33. The van der Waals surface area contributed by atoms with Crippen LogP contribution in [-0.4, -0.2) is 24.6 Å². The van der Waals surface area contributed by atoms with Crippen LogP contribution < -0.4 is 15.4 Å². The molecule has 0 radical (unpaired) electrons. The van der Waals surface area contributed by atoms with Crippen LogP contribution in [0.5, 0.6) is 5.75 Å². The first-order valence-corrected chi connectivity index (χ1v) is 7.73. The van der Waals surface area contributed by atoms with Gasteiger partial charge < -0.3 is 15.4 Å². The van der Waals surface area contributed by atoms with Gasteiger partial charge in [-0.05, 0) is 57.2 Å². The predicted octanol–water partition coefficient (Wildman–Crippen LogP) is 3.26. The number of hydrogen-bond donors (Lipinski definition) is 2. The third kappa shape index (κ3) is 4.11. The van der Waals surface area contributed by atoms with Gasteiger partial charge in [-0.25, -0.2) is 4.39 Å². The van der Waals surface area contributed by atoms with E-state index in [1.165, 1.54) is 6.07 Å². The maximum absolute atomic E-state index is 14.0.